The highest BCUT2D eigenvalue weighted by molar-refractivity contribution is 6.01. The van der Waals surface area contributed by atoms with Crippen LogP contribution < -0.4 is 4.74 Å². The average molecular weight is 275 g/mol. The second-order valence-corrected chi connectivity index (χ2v) is 5.25. The predicted molar refractivity (Wildman–Crippen MR) is 77.1 cm³/mol. The maximum atomic E-state index is 12.4. The lowest BCUT2D eigenvalue weighted by Gasteiger charge is -2.20. The molecular formula is C16H21NO3. The summed E-state index contributed by atoms with van der Waals surface area (Å²) in [5, 5.41) is 0. The van der Waals surface area contributed by atoms with Crippen LogP contribution in [-0.4, -0.2) is 36.8 Å². The van der Waals surface area contributed by atoms with E-state index >= 15 is 0 Å². The summed E-state index contributed by atoms with van der Waals surface area (Å²) in [6, 6.07) is 5.51. The van der Waals surface area contributed by atoms with E-state index in [-0.39, 0.29) is 18.2 Å². The Kier molecular flexibility index (Phi) is 4.77. The van der Waals surface area contributed by atoms with Gasteiger partial charge in [-0.15, -0.1) is 0 Å². The Morgan fingerprint density at radius 3 is 2.85 bits per heavy atom. The number of hydrogen-bond acceptors (Lipinski definition) is 3. The van der Waals surface area contributed by atoms with Gasteiger partial charge in [0.1, 0.15) is 5.75 Å². The number of ketones is 1. The minimum Gasteiger partial charge on any atom is -0.496 e. The van der Waals surface area contributed by atoms with Crippen molar-refractivity contribution in [3.05, 3.63) is 29.3 Å². The molecule has 0 aromatic heterocycles. The fourth-order valence-electron chi connectivity index (χ4n) is 2.49. The number of carbonyl (C=O) groups excluding carboxylic acids is 2. The van der Waals surface area contributed by atoms with Crippen LogP contribution in [0.2, 0.25) is 0 Å². The molecule has 0 radical (unpaired) electrons. The molecule has 1 fully saturated rings. The summed E-state index contributed by atoms with van der Waals surface area (Å²) < 4.78 is 5.26. The molecule has 0 N–H and O–H groups in total. The minimum atomic E-state index is -0.0582. The Morgan fingerprint density at radius 2 is 2.10 bits per heavy atom. The van der Waals surface area contributed by atoms with E-state index in [2.05, 4.69) is 0 Å². The highest BCUT2D eigenvalue weighted by atomic mass is 16.5. The van der Waals surface area contributed by atoms with Crippen molar-refractivity contribution in [2.75, 3.05) is 20.2 Å². The lowest BCUT2D eigenvalue weighted by Crippen LogP contribution is -2.35. The Bertz CT molecular complexity index is 510. The maximum Gasteiger partial charge on any atom is 0.222 e. The third-order valence-electron chi connectivity index (χ3n) is 3.66. The summed E-state index contributed by atoms with van der Waals surface area (Å²) in [7, 11) is 1.56. The van der Waals surface area contributed by atoms with Gasteiger partial charge in [0.25, 0.3) is 0 Å². The first-order valence-electron chi connectivity index (χ1n) is 7.07. The molecular weight excluding hydrogens is 254 g/mol. The Balaban J connectivity index is 2.13. The normalized spacial score (nSPS) is 15.9. The first kappa shape index (κ1) is 14.6. The monoisotopic (exact) mass is 275 g/mol. The van der Waals surface area contributed by atoms with Crippen LogP contribution in [0.15, 0.2) is 18.2 Å². The quantitative estimate of drug-likeness (QED) is 0.793. The lowest BCUT2D eigenvalue weighted by molar-refractivity contribution is -0.130. The molecule has 1 aromatic carbocycles. The van der Waals surface area contributed by atoms with E-state index in [1.165, 1.54) is 0 Å². The molecule has 0 saturated carbocycles. The molecule has 0 aliphatic carbocycles. The van der Waals surface area contributed by atoms with E-state index in [1.54, 1.807) is 18.1 Å². The van der Waals surface area contributed by atoms with Gasteiger partial charge in [0, 0.05) is 13.0 Å². The van der Waals surface area contributed by atoms with E-state index in [0.717, 1.165) is 24.8 Å². The van der Waals surface area contributed by atoms with Gasteiger partial charge >= 0.3 is 0 Å². The van der Waals surface area contributed by atoms with Crippen molar-refractivity contribution in [1.82, 2.24) is 4.90 Å². The van der Waals surface area contributed by atoms with Crippen LogP contribution in [0.4, 0.5) is 0 Å². The molecule has 1 saturated heterocycles. The SMILES string of the molecule is COc1cc(C)ccc1C(=O)CN1CCCCCC1=O. The van der Waals surface area contributed by atoms with E-state index in [0.29, 0.717) is 24.3 Å². The molecule has 0 unspecified atom stereocenters. The Labute approximate surface area is 119 Å². The molecule has 1 aliphatic rings. The van der Waals surface area contributed by atoms with E-state index < -0.39 is 0 Å². The van der Waals surface area contributed by atoms with Crippen molar-refractivity contribution in [3.63, 3.8) is 0 Å². The van der Waals surface area contributed by atoms with Crippen LogP contribution in [0, 0.1) is 6.92 Å². The molecule has 20 heavy (non-hydrogen) atoms. The second-order valence-electron chi connectivity index (χ2n) is 5.25. The molecule has 4 nitrogen and oxygen atoms in total. The van der Waals surface area contributed by atoms with Gasteiger partial charge in [-0.3, -0.25) is 9.59 Å². The molecule has 108 valence electrons. The summed E-state index contributed by atoms with van der Waals surface area (Å²) in [5.74, 6) is 0.608. The van der Waals surface area contributed by atoms with Crippen LogP contribution in [0.5, 0.6) is 5.75 Å². The van der Waals surface area contributed by atoms with Crippen LogP contribution in [0.3, 0.4) is 0 Å². The summed E-state index contributed by atoms with van der Waals surface area (Å²) in [5.41, 5.74) is 1.60. The van der Waals surface area contributed by atoms with Crippen LogP contribution in [0.1, 0.15) is 41.6 Å². The number of rotatable bonds is 4. The van der Waals surface area contributed by atoms with Crippen molar-refractivity contribution in [1.29, 1.82) is 0 Å². The van der Waals surface area contributed by atoms with Crippen LogP contribution >= 0.6 is 0 Å². The third kappa shape index (κ3) is 3.38. The molecule has 0 bridgehead atoms. The fraction of sp³-hybridized carbons (Fsp3) is 0.500. The van der Waals surface area contributed by atoms with Gasteiger partial charge in [0.05, 0.1) is 19.2 Å². The summed E-state index contributed by atoms with van der Waals surface area (Å²) in [6.07, 6.45) is 3.52. The van der Waals surface area contributed by atoms with Crippen LogP contribution in [-0.2, 0) is 4.79 Å². The van der Waals surface area contributed by atoms with Crippen molar-refractivity contribution in [3.8, 4) is 5.75 Å². The summed E-state index contributed by atoms with van der Waals surface area (Å²) in [6.45, 7) is 2.78. The van der Waals surface area contributed by atoms with Gasteiger partial charge in [0.15, 0.2) is 5.78 Å². The van der Waals surface area contributed by atoms with E-state index in [4.69, 9.17) is 4.74 Å². The first-order valence-corrected chi connectivity index (χ1v) is 7.07. The smallest absolute Gasteiger partial charge is 0.222 e. The van der Waals surface area contributed by atoms with Crippen LogP contribution in [0.25, 0.3) is 0 Å². The number of nitrogens with zero attached hydrogens (tertiary/aromatic N) is 1. The number of Topliss-reactive ketones (excluding diaryl/α,β-unsaturated/α-hetero) is 1. The Hall–Kier alpha value is -1.84. The van der Waals surface area contributed by atoms with Gasteiger partial charge in [-0.05, 0) is 37.5 Å². The van der Waals surface area contributed by atoms with E-state index in [1.807, 2.05) is 19.1 Å². The number of carbonyl (C=O) groups is 2. The minimum absolute atomic E-state index is 0.0582. The molecule has 1 aromatic rings. The topological polar surface area (TPSA) is 46.6 Å². The van der Waals surface area contributed by atoms with Crippen molar-refractivity contribution in [2.45, 2.75) is 32.6 Å². The Morgan fingerprint density at radius 1 is 1.30 bits per heavy atom. The highest BCUT2D eigenvalue weighted by Crippen LogP contribution is 2.21. The summed E-state index contributed by atoms with van der Waals surface area (Å²) >= 11 is 0. The van der Waals surface area contributed by atoms with Crippen molar-refractivity contribution < 1.29 is 14.3 Å². The fourth-order valence-corrected chi connectivity index (χ4v) is 2.49. The lowest BCUT2D eigenvalue weighted by atomic mass is 10.1. The standard InChI is InChI=1S/C16H21NO3/c1-12-7-8-13(15(10-12)20-2)14(18)11-17-9-5-3-4-6-16(17)19/h7-8,10H,3-6,9,11H2,1-2H3. The second kappa shape index (κ2) is 6.55. The van der Waals surface area contributed by atoms with Gasteiger partial charge in [-0.2, -0.15) is 0 Å². The maximum absolute atomic E-state index is 12.4. The number of amides is 1. The number of aryl methyl sites for hydroxylation is 1. The molecule has 0 atom stereocenters. The average Bonchev–Trinajstić information content (AvgIpc) is 2.64. The van der Waals surface area contributed by atoms with Crippen molar-refractivity contribution in [2.24, 2.45) is 0 Å². The predicted octanol–water partition coefficient (Wildman–Crippen LogP) is 2.59. The molecule has 4 heteroatoms. The van der Waals surface area contributed by atoms with Gasteiger partial charge in [-0.1, -0.05) is 12.5 Å². The number of hydrogen-bond donors (Lipinski definition) is 0. The molecule has 1 heterocycles. The molecule has 0 spiro atoms. The zero-order valence-electron chi connectivity index (χ0n) is 12.1. The zero-order chi connectivity index (χ0) is 14.5. The number of benzene rings is 1. The van der Waals surface area contributed by atoms with Gasteiger partial charge < -0.3 is 9.64 Å². The highest BCUT2D eigenvalue weighted by Gasteiger charge is 2.21. The van der Waals surface area contributed by atoms with E-state index in [9.17, 15) is 9.59 Å². The molecule has 2 rings (SSSR count). The largest absolute Gasteiger partial charge is 0.496 e. The summed E-state index contributed by atoms with van der Waals surface area (Å²) in [4.78, 5) is 26.0. The van der Waals surface area contributed by atoms with Gasteiger partial charge in [-0.25, -0.2) is 0 Å². The first-order chi connectivity index (χ1) is 9.61. The number of ether oxygens (including phenoxy) is 1. The number of methoxy groups -OCH3 is 1. The van der Waals surface area contributed by atoms with Crippen molar-refractivity contribution >= 4 is 11.7 Å². The third-order valence-corrected chi connectivity index (χ3v) is 3.66. The zero-order valence-corrected chi connectivity index (χ0v) is 12.1. The van der Waals surface area contributed by atoms with Gasteiger partial charge in [0.2, 0.25) is 5.91 Å². The number of likely N-dealkylation sites (tertiary alicyclic amines) is 1. The molecule has 1 amide bonds. The molecule has 1 aliphatic heterocycles.